The van der Waals surface area contributed by atoms with Crippen molar-refractivity contribution in [3.05, 3.63) is 66.3 Å². The van der Waals surface area contributed by atoms with Gasteiger partial charge in [-0.3, -0.25) is 0 Å². The molecular formula is C19H20F3NO. The number of fused-ring (bicyclic) bond motifs is 3. The minimum atomic E-state index is -4.37. The van der Waals surface area contributed by atoms with Crippen LogP contribution in [0.1, 0.15) is 29.9 Å². The highest BCUT2D eigenvalue weighted by Crippen LogP contribution is 2.50. The molecule has 4 atom stereocenters. The van der Waals surface area contributed by atoms with E-state index in [1.165, 1.54) is 12.1 Å². The predicted molar refractivity (Wildman–Crippen MR) is 88.8 cm³/mol. The van der Waals surface area contributed by atoms with Crippen LogP contribution < -0.4 is 5.32 Å². The van der Waals surface area contributed by atoms with E-state index in [9.17, 15) is 18.3 Å². The number of aliphatic hydroxyl groups excluding tert-OH is 1. The molecule has 3 unspecified atom stereocenters. The molecule has 0 radical (unpaired) electrons. The van der Waals surface area contributed by atoms with Crippen LogP contribution in [-0.2, 0) is 6.18 Å². The van der Waals surface area contributed by atoms with Gasteiger partial charge in [-0.05, 0) is 54.0 Å². The van der Waals surface area contributed by atoms with Gasteiger partial charge in [-0.1, -0.05) is 31.4 Å². The van der Waals surface area contributed by atoms with Crippen molar-refractivity contribution in [1.29, 1.82) is 0 Å². The molecule has 1 heterocycles. The molecule has 24 heavy (non-hydrogen) atoms. The van der Waals surface area contributed by atoms with Crippen LogP contribution in [0.4, 0.5) is 18.9 Å². The minimum Gasteiger partial charge on any atom is -0.393 e. The molecule has 0 saturated heterocycles. The van der Waals surface area contributed by atoms with Crippen LogP contribution in [0, 0.1) is 5.92 Å². The maximum atomic E-state index is 13.0. The van der Waals surface area contributed by atoms with E-state index < -0.39 is 17.8 Å². The number of allylic oxidation sites excluding steroid dienone is 2. The summed E-state index contributed by atoms with van der Waals surface area (Å²) in [5.41, 5.74) is 1.62. The van der Waals surface area contributed by atoms with Gasteiger partial charge in [0, 0.05) is 5.69 Å². The maximum Gasteiger partial charge on any atom is 0.416 e. The van der Waals surface area contributed by atoms with Crippen molar-refractivity contribution in [2.24, 2.45) is 5.92 Å². The van der Waals surface area contributed by atoms with Crippen molar-refractivity contribution in [2.45, 2.75) is 37.1 Å². The molecule has 0 amide bonds. The van der Waals surface area contributed by atoms with Gasteiger partial charge in [-0.2, -0.15) is 13.2 Å². The first-order valence-corrected chi connectivity index (χ1v) is 7.96. The molecule has 1 aliphatic carbocycles. The number of rotatable bonds is 3. The lowest BCUT2D eigenvalue weighted by Crippen LogP contribution is -2.37. The molecule has 0 spiro atoms. The number of aliphatic hydroxyl groups is 1. The van der Waals surface area contributed by atoms with E-state index in [0.29, 0.717) is 24.1 Å². The third-order valence-corrected chi connectivity index (χ3v) is 5.01. The second kappa shape index (κ2) is 6.13. The van der Waals surface area contributed by atoms with Gasteiger partial charge in [0.15, 0.2) is 0 Å². The summed E-state index contributed by atoms with van der Waals surface area (Å²) in [6, 6.07) is 3.71. The molecule has 128 valence electrons. The Hall–Kier alpha value is -2.01. The summed E-state index contributed by atoms with van der Waals surface area (Å²) >= 11 is 0. The molecule has 1 fully saturated rings. The van der Waals surface area contributed by atoms with Crippen molar-refractivity contribution >= 4 is 5.69 Å². The van der Waals surface area contributed by atoms with Gasteiger partial charge in [0.25, 0.3) is 0 Å². The third-order valence-electron chi connectivity index (χ3n) is 5.01. The number of nitrogens with one attached hydrogen (secondary N) is 1. The third kappa shape index (κ3) is 2.88. The lowest BCUT2D eigenvalue weighted by Gasteiger charge is -2.38. The van der Waals surface area contributed by atoms with E-state index in [2.05, 4.69) is 18.5 Å². The fourth-order valence-electron chi connectivity index (χ4n) is 3.99. The minimum absolute atomic E-state index is 0.0279. The molecule has 3 rings (SSSR count). The number of alkyl halides is 3. The number of hydrogen-bond acceptors (Lipinski definition) is 2. The predicted octanol–water partition coefficient (Wildman–Crippen LogP) is 4.65. The van der Waals surface area contributed by atoms with Gasteiger partial charge >= 0.3 is 6.18 Å². The zero-order chi connectivity index (χ0) is 17.5. The normalized spacial score (nSPS) is 29.4. The molecule has 1 aromatic rings. The van der Waals surface area contributed by atoms with Crippen LogP contribution in [0.2, 0.25) is 0 Å². The van der Waals surface area contributed by atoms with Crippen LogP contribution in [0.15, 0.2) is 55.2 Å². The first kappa shape index (κ1) is 16.8. The SMILES string of the molecule is C=C/C=C(\C=C)[C@@H]1Nc2ccc(C(F)(F)F)cc2C2CC(O)CC21. The summed E-state index contributed by atoms with van der Waals surface area (Å²) in [5, 5.41) is 13.4. The number of hydrogen-bond donors (Lipinski definition) is 2. The van der Waals surface area contributed by atoms with Crippen molar-refractivity contribution in [3.8, 4) is 0 Å². The highest BCUT2D eigenvalue weighted by Gasteiger charge is 2.44. The monoisotopic (exact) mass is 335 g/mol. The van der Waals surface area contributed by atoms with Crippen LogP contribution in [0.3, 0.4) is 0 Å². The molecule has 2 nitrogen and oxygen atoms in total. The Morgan fingerprint density at radius 1 is 1.25 bits per heavy atom. The fourth-order valence-corrected chi connectivity index (χ4v) is 3.99. The van der Waals surface area contributed by atoms with Gasteiger partial charge in [0.1, 0.15) is 0 Å². The van der Waals surface area contributed by atoms with E-state index in [1.54, 1.807) is 12.2 Å². The summed E-state index contributed by atoms with van der Waals surface area (Å²) in [6.45, 7) is 7.52. The van der Waals surface area contributed by atoms with Crippen LogP contribution in [0.25, 0.3) is 0 Å². The quantitative estimate of drug-likeness (QED) is 0.788. The summed E-state index contributed by atoms with van der Waals surface area (Å²) in [4.78, 5) is 0. The number of anilines is 1. The first-order chi connectivity index (χ1) is 11.3. The van der Waals surface area contributed by atoms with E-state index in [1.807, 2.05) is 6.08 Å². The molecule has 0 bridgehead atoms. The second-order valence-corrected chi connectivity index (χ2v) is 6.42. The lowest BCUT2D eigenvalue weighted by molar-refractivity contribution is -0.137. The van der Waals surface area contributed by atoms with Gasteiger partial charge in [-0.15, -0.1) is 0 Å². The topological polar surface area (TPSA) is 32.3 Å². The number of benzene rings is 1. The highest BCUT2D eigenvalue weighted by molar-refractivity contribution is 5.61. The summed E-state index contributed by atoms with van der Waals surface area (Å²) in [7, 11) is 0. The number of halogens is 3. The van der Waals surface area contributed by atoms with Crippen LogP contribution in [0.5, 0.6) is 0 Å². The Kier molecular flexibility index (Phi) is 4.30. The molecule has 0 aromatic heterocycles. The fraction of sp³-hybridized carbons (Fsp3) is 0.368. The van der Waals surface area contributed by atoms with Crippen molar-refractivity contribution in [1.82, 2.24) is 0 Å². The van der Waals surface area contributed by atoms with E-state index in [4.69, 9.17) is 0 Å². The Labute approximate surface area is 139 Å². The lowest BCUT2D eigenvalue weighted by atomic mass is 9.76. The Balaban J connectivity index is 2.06. The molecule has 2 N–H and O–H groups in total. The van der Waals surface area contributed by atoms with Gasteiger partial charge in [-0.25, -0.2) is 0 Å². The smallest absolute Gasteiger partial charge is 0.393 e. The van der Waals surface area contributed by atoms with Gasteiger partial charge < -0.3 is 10.4 Å². The van der Waals surface area contributed by atoms with E-state index in [-0.39, 0.29) is 17.9 Å². The van der Waals surface area contributed by atoms with Gasteiger partial charge in [0.05, 0.1) is 17.7 Å². The Morgan fingerprint density at radius 2 is 2.00 bits per heavy atom. The first-order valence-electron chi connectivity index (χ1n) is 7.96. The maximum absolute atomic E-state index is 13.0. The largest absolute Gasteiger partial charge is 0.416 e. The van der Waals surface area contributed by atoms with Crippen molar-refractivity contribution < 1.29 is 18.3 Å². The van der Waals surface area contributed by atoms with Gasteiger partial charge in [0.2, 0.25) is 0 Å². The summed E-state index contributed by atoms with van der Waals surface area (Å²) in [5.74, 6) is -0.0723. The van der Waals surface area contributed by atoms with Crippen molar-refractivity contribution in [3.63, 3.8) is 0 Å². The molecule has 1 aromatic carbocycles. The zero-order valence-corrected chi connectivity index (χ0v) is 13.2. The second-order valence-electron chi connectivity index (χ2n) is 6.42. The highest BCUT2D eigenvalue weighted by atomic mass is 19.4. The average molecular weight is 335 g/mol. The Bertz CT molecular complexity index is 692. The summed E-state index contributed by atoms with van der Waals surface area (Å²) in [6.07, 6.45) is 1.42. The van der Waals surface area contributed by atoms with E-state index >= 15 is 0 Å². The average Bonchev–Trinajstić information content (AvgIpc) is 2.92. The van der Waals surface area contributed by atoms with Crippen LogP contribution >= 0.6 is 0 Å². The van der Waals surface area contributed by atoms with E-state index in [0.717, 1.165) is 11.6 Å². The van der Waals surface area contributed by atoms with Crippen LogP contribution in [-0.4, -0.2) is 17.3 Å². The molecule has 1 aliphatic heterocycles. The summed E-state index contributed by atoms with van der Waals surface area (Å²) < 4.78 is 39.1. The Morgan fingerprint density at radius 3 is 2.62 bits per heavy atom. The molecular weight excluding hydrogens is 315 g/mol. The molecule has 2 aliphatic rings. The zero-order valence-electron chi connectivity index (χ0n) is 13.2. The van der Waals surface area contributed by atoms with Crippen molar-refractivity contribution in [2.75, 3.05) is 5.32 Å². The molecule has 5 heteroatoms. The standard InChI is InChI=1S/C19H20F3NO/c1-3-5-11(4-2)18-16-10-13(24)9-14(16)15-8-12(19(20,21)22)6-7-17(15)23-18/h3-8,13-14,16,18,23-24H,1-2,9-10H2/b11-5+/t13?,14?,16?,18-/m0/s1. The molecule has 1 saturated carbocycles.